The lowest BCUT2D eigenvalue weighted by molar-refractivity contribution is 0.0950. The van der Waals surface area contributed by atoms with Gasteiger partial charge in [-0.3, -0.25) is 4.79 Å². The summed E-state index contributed by atoms with van der Waals surface area (Å²) in [7, 11) is 0. The first-order valence-electron chi connectivity index (χ1n) is 10.4. The van der Waals surface area contributed by atoms with E-state index in [-0.39, 0.29) is 12.5 Å². The van der Waals surface area contributed by atoms with Gasteiger partial charge in [0.1, 0.15) is 12.4 Å². The van der Waals surface area contributed by atoms with E-state index >= 15 is 0 Å². The van der Waals surface area contributed by atoms with Gasteiger partial charge in [-0.05, 0) is 54.8 Å². The molecule has 1 aliphatic heterocycles. The molecule has 0 unspecified atom stereocenters. The van der Waals surface area contributed by atoms with E-state index < -0.39 is 0 Å². The molecule has 4 rings (SSSR count). The van der Waals surface area contributed by atoms with Crippen LogP contribution in [0.25, 0.3) is 0 Å². The lowest BCUT2D eigenvalue weighted by atomic mass is 10.2. The molecule has 1 heterocycles. The van der Waals surface area contributed by atoms with E-state index in [1.165, 1.54) is 18.5 Å². The average molecular weight is 468 g/mol. The number of hydrazone groups is 1. The first-order chi connectivity index (χ1) is 15.6. The van der Waals surface area contributed by atoms with Crippen LogP contribution in [0.4, 0.5) is 5.69 Å². The lowest BCUT2D eigenvalue weighted by Crippen LogP contribution is -2.19. The van der Waals surface area contributed by atoms with Gasteiger partial charge >= 0.3 is 0 Å². The Morgan fingerprint density at radius 1 is 1.03 bits per heavy atom. The van der Waals surface area contributed by atoms with Crippen molar-refractivity contribution in [2.75, 3.05) is 18.0 Å². The van der Waals surface area contributed by atoms with Crippen LogP contribution < -0.4 is 15.1 Å². The third-order valence-corrected chi connectivity index (χ3v) is 5.86. The van der Waals surface area contributed by atoms with E-state index in [2.05, 4.69) is 27.6 Å². The molecule has 0 aliphatic carbocycles. The second-order valence-electron chi connectivity index (χ2n) is 7.51. The van der Waals surface area contributed by atoms with Crippen molar-refractivity contribution in [2.45, 2.75) is 19.4 Å². The summed E-state index contributed by atoms with van der Waals surface area (Å²) in [5.41, 5.74) is 5.87. The summed E-state index contributed by atoms with van der Waals surface area (Å²) in [5, 5.41) is 5.17. The Morgan fingerprint density at radius 3 is 2.53 bits per heavy atom. The van der Waals surface area contributed by atoms with E-state index in [0.29, 0.717) is 21.4 Å². The van der Waals surface area contributed by atoms with Crippen molar-refractivity contribution < 1.29 is 9.53 Å². The van der Waals surface area contributed by atoms with Gasteiger partial charge in [0.05, 0.1) is 11.8 Å². The Kier molecular flexibility index (Phi) is 7.30. The van der Waals surface area contributed by atoms with Crippen molar-refractivity contribution >= 4 is 41.0 Å². The summed E-state index contributed by atoms with van der Waals surface area (Å²) >= 11 is 12.1. The molecule has 32 heavy (non-hydrogen) atoms. The van der Waals surface area contributed by atoms with E-state index in [9.17, 15) is 4.79 Å². The zero-order valence-corrected chi connectivity index (χ0v) is 18.9. The number of carbonyl (C=O) groups excluding carboxylic acids is 1. The van der Waals surface area contributed by atoms with Crippen molar-refractivity contribution in [3.63, 3.8) is 0 Å². The van der Waals surface area contributed by atoms with Crippen LogP contribution >= 0.6 is 23.2 Å². The smallest absolute Gasteiger partial charge is 0.275 e. The molecule has 0 radical (unpaired) electrons. The number of carbonyl (C=O) groups is 1. The van der Waals surface area contributed by atoms with Crippen LogP contribution in [0, 0.1) is 0 Å². The van der Waals surface area contributed by atoms with Gasteiger partial charge in [0.15, 0.2) is 0 Å². The first-order valence-corrected chi connectivity index (χ1v) is 11.2. The zero-order valence-electron chi connectivity index (χ0n) is 17.4. The summed E-state index contributed by atoms with van der Waals surface area (Å²) in [5.74, 6) is 0.0916. The van der Waals surface area contributed by atoms with Crippen molar-refractivity contribution in [3.05, 3.63) is 93.5 Å². The van der Waals surface area contributed by atoms with E-state index in [1.54, 1.807) is 48.7 Å². The highest BCUT2D eigenvalue weighted by molar-refractivity contribution is 6.35. The molecule has 1 N–H and O–H groups in total. The number of nitrogens with one attached hydrogen (secondary N) is 1. The molecule has 0 saturated carbocycles. The normalized spacial score (nSPS) is 13.5. The molecule has 1 fully saturated rings. The summed E-state index contributed by atoms with van der Waals surface area (Å²) in [6.07, 6.45) is 4.11. The van der Waals surface area contributed by atoms with Gasteiger partial charge < -0.3 is 9.64 Å². The molecular formula is C25H23Cl2N3O2. The second-order valence-corrected chi connectivity index (χ2v) is 8.35. The SMILES string of the molecule is O=C(N/N=C/c1ccc(N2CCCC2)cc1)c1ccccc1OCc1ccc(Cl)cc1Cl. The maximum absolute atomic E-state index is 12.7. The molecule has 0 spiro atoms. The quantitative estimate of drug-likeness (QED) is 0.345. The third-order valence-electron chi connectivity index (χ3n) is 5.27. The monoisotopic (exact) mass is 467 g/mol. The van der Waals surface area contributed by atoms with Crippen LogP contribution in [-0.4, -0.2) is 25.2 Å². The number of halogens is 2. The van der Waals surface area contributed by atoms with Gasteiger partial charge in [0.2, 0.25) is 0 Å². The average Bonchev–Trinajstić information content (AvgIpc) is 3.34. The minimum Gasteiger partial charge on any atom is -0.488 e. The Morgan fingerprint density at radius 2 is 1.78 bits per heavy atom. The van der Waals surface area contributed by atoms with Crippen LogP contribution in [0.15, 0.2) is 71.8 Å². The minimum atomic E-state index is -0.354. The number of para-hydroxylation sites is 1. The van der Waals surface area contributed by atoms with Gasteiger partial charge in [0, 0.05) is 34.4 Å². The number of anilines is 1. The standard InChI is InChI=1S/C25H23Cl2N3O2/c26-20-10-9-19(23(27)15-20)17-32-24-6-2-1-5-22(24)25(31)29-28-16-18-7-11-21(12-8-18)30-13-3-4-14-30/h1-2,5-12,15-16H,3-4,13-14,17H2,(H,29,31)/b28-16+. The highest BCUT2D eigenvalue weighted by Crippen LogP contribution is 2.24. The maximum atomic E-state index is 12.7. The molecule has 0 bridgehead atoms. The van der Waals surface area contributed by atoms with Gasteiger partial charge in [0.25, 0.3) is 5.91 Å². The summed E-state index contributed by atoms with van der Waals surface area (Å²) in [4.78, 5) is 15.0. The minimum absolute atomic E-state index is 0.215. The van der Waals surface area contributed by atoms with Gasteiger partial charge in [-0.2, -0.15) is 5.10 Å². The van der Waals surface area contributed by atoms with Crippen LogP contribution in [0.2, 0.25) is 10.0 Å². The Bertz CT molecular complexity index is 1110. The largest absolute Gasteiger partial charge is 0.488 e. The number of nitrogens with zero attached hydrogens (tertiary/aromatic N) is 2. The van der Waals surface area contributed by atoms with E-state index in [0.717, 1.165) is 24.2 Å². The Labute approximate surface area is 197 Å². The number of benzene rings is 3. The molecule has 3 aromatic carbocycles. The predicted molar refractivity (Wildman–Crippen MR) is 130 cm³/mol. The van der Waals surface area contributed by atoms with Crippen molar-refractivity contribution in [3.8, 4) is 5.75 Å². The first kappa shape index (κ1) is 22.2. The van der Waals surface area contributed by atoms with Crippen molar-refractivity contribution in [1.82, 2.24) is 5.43 Å². The second kappa shape index (κ2) is 10.5. The van der Waals surface area contributed by atoms with Crippen molar-refractivity contribution in [1.29, 1.82) is 0 Å². The molecule has 164 valence electrons. The van der Waals surface area contributed by atoms with Gasteiger partial charge in [-0.25, -0.2) is 5.43 Å². The predicted octanol–water partition coefficient (Wildman–Crippen LogP) is 5.94. The summed E-state index contributed by atoms with van der Waals surface area (Å²) in [6, 6.07) is 20.4. The molecule has 1 amide bonds. The van der Waals surface area contributed by atoms with Crippen LogP contribution in [0.3, 0.4) is 0 Å². The lowest BCUT2D eigenvalue weighted by Gasteiger charge is -2.17. The highest BCUT2D eigenvalue weighted by atomic mass is 35.5. The zero-order chi connectivity index (χ0) is 22.3. The summed E-state index contributed by atoms with van der Waals surface area (Å²) < 4.78 is 5.85. The number of amides is 1. The fourth-order valence-corrected chi connectivity index (χ4v) is 4.01. The topological polar surface area (TPSA) is 53.9 Å². The number of hydrogen-bond acceptors (Lipinski definition) is 4. The highest BCUT2D eigenvalue weighted by Gasteiger charge is 2.13. The molecule has 1 saturated heterocycles. The van der Waals surface area contributed by atoms with Crippen LogP contribution in [-0.2, 0) is 6.61 Å². The van der Waals surface area contributed by atoms with E-state index in [4.69, 9.17) is 27.9 Å². The molecule has 5 nitrogen and oxygen atoms in total. The Balaban J connectivity index is 1.37. The van der Waals surface area contributed by atoms with Crippen LogP contribution in [0.1, 0.15) is 34.3 Å². The molecular weight excluding hydrogens is 445 g/mol. The third kappa shape index (κ3) is 5.61. The summed E-state index contributed by atoms with van der Waals surface area (Å²) in [6.45, 7) is 2.43. The van der Waals surface area contributed by atoms with Crippen LogP contribution in [0.5, 0.6) is 5.75 Å². The molecule has 0 atom stereocenters. The van der Waals surface area contributed by atoms with Gasteiger partial charge in [-0.1, -0.05) is 53.5 Å². The number of rotatable bonds is 7. The van der Waals surface area contributed by atoms with Gasteiger partial charge in [-0.15, -0.1) is 0 Å². The Hall–Kier alpha value is -3.02. The fourth-order valence-electron chi connectivity index (χ4n) is 3.55. The molecule has 0 aromatic heterocycles. The number of hydrogen-bond donors (Lipinski definition) is 1. The van der Waals surface area contributed by atoms with Crippen molar-refractivity contribution in [2.24, 2.45) is 5.10 Å². The molecule has 3 aromatic rings. The maximum Gasteiger partial charge on any atom is 0.275 e. The molecule has 1 aliphatic rings. The number of ether oxygens (including phenoxy) is 1. The molecule has 7 heteroatoms. The van der Waals surface area contributed by atoms with E-state index in [1.807, 2.05) is 12.1 Å². The fraction of sp³-hybridized carbons (Fsp3) is 0.200.